The van der Waals surface area contributed by atoms with Gasteiger partial charge in [-0.3, -0.25) is 0 Å². The summed E-state index contributed by atoms with van der Waals surface area (Å²) in [6, 6.07) is 4.23. The summed E-state index contributed by atoms with van der Waals surface area (Å²) in [4.78, 5) is 4.41. The van der Waals surface area contributed by atoms with Crippen LogP contribution < -0.4 is 5.32 Å². The highest BCUT2D eigenvalue weighted by Crippen LogP contribution is 2.27. The van der Waals surface area contributed by atoms with E-state index in [2.05, 4.69) is 70.6 Å². The summed E-state index contributed by atoms with van der Waals surface area (Å²) >= 11 is 3.52. The molecule has 2 rings (SSSR count). The second-order valence-corrected chi connectivity index (χ2v) is 6.25. The molecular weight excluding hydrogens is 302 g/mol. The molecule has 1 N–H and O–H groups in total. The van der Waals surface area contributed by atoms with Crippen LogP contribution in [-0.2, 0) is 6.54 Å². The van der Waals surface area contributed by atoms with Gasteiger partial charge in [-0.25, -0.2) is 4.98 Å². The molecule has 0 amide bonds. The van der Waals surface area contributed by atoms with Crippen molar-refractivity contribution < 1.29 is 0 Å². The molecule has 0 fully saturated rings. The molecule has 3 nitrogen and oxygen atoms in total. The summed E-state index contributed by atoms with van der Waals surface area (Å²) in [5.74, 6) is 1.50. The molecule has 0 radical (unpaired) electrons. The average Bonchev–Trinajstić information content (AvgIpc) is 2.70. The molecule has 0 saturated carbocycles. The molecule has 1 aromatic heterocycles. The van der Waals surface area contributed by atoms with Crippen molar-refractivity contribution in [1.29, 1.82) is 0 Å². The van der Waals surface area contributed by atoms with Crippen molar-refractivity contribution in [3.05, 3.63) is 40.1 Å². The lowest BCUT2D eigenvalue weighted by Gasteiger charge is -2.15. The third-order valence-corrected chi connectivity index (χ3v) is 3.47. The van der Waals surface area contributed by atoms with Crippen LogP contribution in [0.5, 0.6) is 0 Å². The van der Waals surface area contributed by atoms with Gasteiger partial charge in [0, 0.05) is 29.1 Å². The predicted octanol–water partition coefficient (Wildman–Crippen LogP) is 4.66. The van der Waals surface area contributed by atoms with Gasteiger partial charge in [0.2, 0.25) is 5.95 Å². The van der Waals surface area contributed by atoms with Crippen molar-refractivity contribution in [2.24, 2.45) is 5.92 Å². The molecule has 1 aromatic carbocycles. The van der Waals surface area contributed by atoms with Crippen LogP contribution in [0.15, 0.2) is 29.0 Å². The molecule has 0 unspecified atom stereocenters. The fourth-order valence-electron chi connectivity index (χ4n) is 2.19. The van der Waals surface area contributed by atoms with E-state index in [4.69, 9.17) is 0 Å². The van der Waals surface area contributed by atoms with E-state index in [9.17, 15) is 0 Å². The number of anilines is 2. The number of hydrogen-bond donors (Lipinski definition) is 1. The third kappa shape index (κ3) is 3.38. The molecule has 19 heavy (non-hydrogen) atoms. The predicted molar refractivity (Wildman–Crippen MR) is 84.0 cm³/mol. The summed E-state index contributed by atoms with van der Waals surface area (Å²) < 4.78 is 3.27. The molecule has 0 aliphatic carbocycles. The van der Waals surface area contributed by atoms with E-state index in [1.807, 2.05) is 12.4 Å². The van der Waals surface area contributed by atoms with Crippen molar-refractivity contribution in [2.45, 2.75) is 34.2 Å². The third-order valence-electron chi connectivity index (χ3n) is 3.01. The molecule has 1 heterocycles. The zero-order valence-electron chi connectivity index (χ0n) is 11.9. The molecule has 102 valence electrons. The highest BCUT2D eigenvalue weighted by molar-refractivity contribution is 9.10. The van der Waals surface area contributed by atoms with E-state index < -0.39 is 0 Å². The number of benzene rings is 1. The fourth-order valence-corrected chi connectivity index (χ4v) is 2.88. The highest BCUT2D eigenvalue weighted by atomic mass is 79.9. The number of halogens is 1. The van der Waals surface area contributed by atoms with Crippen LogP contribution in [0.2, 0.25) is 0 Å². The highest BCUT2D eigenvalue weighted by Gasteiger charge is 2.09. The Morgan fingerprint density at radius 2 is 1.89 bits per heavy atom. The fraction of sp³-hybridized carbons (Fsp3) is 0.400. The first kappa shape index (κ1) is 14.1. The smallest absolute Gasteiger partial charge is 0.207 e. The first-order chi connectivity index (χ1) is 8.97. The minimum absolute atomic E-state index is 0.599. The van der Waals surface area contributed by atoms with Crippen molar-refractivity contribution in [3.63, 3.8) is 0 Å². The average molecular weight is 322 g/mol. The molecule has 2 aromatic rings. The van der Waals surface area contributed by atoms with Crippen LogP contribution in [0.4, 0.5) is 11.6 Å². The van der Waals surface area contributed by atoms with E-state index in [1.54, 1.807) is 0 Å². The summed E-state index contributed by atoms with van der Waals surface area (Å²) in [6.07, 6.45) is 3.86. The van der Waals surface area contributed by atoms with Crippen molar-refractivity contribution in [2.75, 3.05) is 5.32 Å². The van der Waals surface area contributed by atoms with Gasteiger partial charge in [0.05, 0.1) is 0 Å². The SMILES string of the molecule is Cc1cc(Br)cc(C)c1Nc1nccn1CC(C)C. The Morgan fingerprint density at radius 3 is 2.47 bits per heavy atom. The van der Waals surface area contributed by atoms with E-state index in [0.29, 0.717) is 5.92 Å². The van der Waals surface area contributed by atoms with Gasteiger partial charge in [0.25, 0.3) is 0 Å². The monoisotopic (exact) mass is 321 g/mol. The summed E-state index contributed by atoms with van der Waals surface area (Å²) in [5, 5.41) is 3.45. The van der Waals surface area contributed by atoms with E-state index >= 15 is 0 Å². The largest absolute Gasteiger partial charge is 0.325 e. The maximum atomic E-state index is 4.41. The Hall–Kier alpha value is -1.29. The van der Waals surface area contributed by atoms with Gasteiger partial charge in [0.1, 0.15) is 0 Å². The van der Waals surface area contributed by atoms with Crippen LogP contribution in [0, 0.1) is 19.8 Å². The number of aryl methyl sites for hydroxylation is 2. The summed E-state index contributed by atoms with van der Waals surface area (Å²) in [7, 11) is 0. The molecule has 0 atom stereocenters. The Labute approximate surface area is 123 Å². The molecule has 0 bridgehead atoms. The lowest BCUT2D eigenvalue weighted by Crippen LogP contribution is -2.08. The zero-order chi connectivity index (χ0) is 14.0. The second kappa shape index (κ2) is 5.78. The summed E-state index contributed by atoms with van der Waals surface area (Å²) in [5.41, 5.74) is 3.57. The molecule has 0 saturated heterocycles. The quantitative estimate of drug-likeness (QED) is 0.887. The number of aromatic nitrogens is 2. The number of nitrogens with zero attached hydrogens (tertiary/aromatic N) is 2. The maximum Gasteiger partial charge on any atom is 0.207 e. The van der Waals surface area contributed by atoms with Gasteiger partial charge >= 0.3 is 0 Å². The lowest BCUT2D eigenvalue weighted by atomic mass is 10.1. The number of hydrogen-bond acceptors (Lipinski definition) is 2. The Morgan fingerprint density at radius 1 is 1.26 bits per heavy atom. The summed E-state index contributed by atoms with van der Waals surface area (Å²) in [6.45, 7) is 9.60. The van der Waals surface area contributed by atoms with Crippen molar-refractivity contribution >= 4 is 27.6 Å². The van der Waals surface area contributed by atoms with Crippen molar-refractivity contribution in [1.82, 2.24) is 9.55 Å². The van der Waals surface area contributed by atoms with Crippen molar-refractivity contribution in [3.8, 4) is 0 Å². The molecule has 4 heteroatoms. The van der Waals surface area contributed by atoms with Gasteiger partial charge in [-0.05, 0) is 43.0 Å². The lowest BCUT2D eigenvalue weighted by molar-refractivity contribution is 0.527. The minimum Gasteiger partial charge on any atom is -0.325 e. The standard InChI is InChI=1S/C15H20BrN3/c1-10(2)9-19-6-5-17-15(19)18-14-11(3)7-13(16)8-12(14)4/h5-8,10H,9H2,1-4H3,(H,17,18). The van der Waals surface area contributed by atoms with Gasteiger partial charge in [-0.1, -0.05) is 29.8 Å². The Balaban J connectivity index is 2.29. The second-order valence-electron chi connectivity index (χ2n) is 5.34. The molecule has 0 spiro atoms. The van der Waals surface area contributed by atoms with Crippen LogP contribution in [-0.4, -0.2) is 9.55 Å². The molecular formula is C15H20BrN3. The van der Waals surface area contributed by atoms with Crippen LogP contribution in [0.1, 0.15) is 25.0 Å². The first-order valence-electron chi connectivity index (χ1n) is 6.52. The topological polar surface area (TPSA) is 29.9 Å². The Kier molecular flexibility index (Phi) is 4.30. The normalized spacial score (nSPS) is 11.1. The Bertz CT molecular complexity index is 550. The van der Waals surface area contributed by atoms with Gasteiger partial charge in [0.15, 0.2) is 0 Å². The molecule has 0 aliphatic rings. The number of rotatable bonds is 4. The number of nitrogens with one attached hydrogen (secondary N) is 1. The maximum absolute atomic E-state index is 4.41. The zero-order valence-corrected chi connectivity index (χ0v) is 13.5. The first-order valence-corrected chi connectivity index (χ1v) is 7.31. The van der Waals surface area contributed by atoms with Crippen LogP contribution in [0.3, 0.4) is 0 Å². The minimum atomic E-state index is 0.599. The van der Waals surface area contributed by atoms with E-state index in [-0.39, 0.29) is 0 Å². The van der Waals surface area contributed by atoms with Gasteiger partial charge < -0.3 is 9.88 Å². The van der Waals surface area contributed by atoms with E-state index in [1.165, 1.54) is 11.1 Å². The number of imidazole rings is 1. The van der Waals surface area contributed by atoms with Crippen LogP contribution in [0.25, 0.3) is 0 Å². The van der Waals surface area contributed by atoms with Gasteiger partial charge in [-0.2, -0.15) is 0 Å². The van der Waals surface area contributed by atoms with Crippen LogP contribution >= 0.6 is 15.9 Å². The van der Waals surface area contributed by atoms with E-state index in [0.717, 1.165) is 22.7 Å². The van der Waals surface area contributed by atoms with Gasteiger partial charge in [-0.15, -0.1) is 0 Å². The molecule has 0 aliphatic heterocycles.